The van der Waals surface area contributed by atoms with Crippen LogP contribution in [0.3, 0.4) is 0 Å². The molecule has 1 aliphatic heterocycles. The molecule has 21 heavy (non-hydrogen) atoms. The van der Waals surface area contributed by atoms with Crippen molar-refractivity contribution >= 4 is 5.82 Å². The maximum atomic E-state index is 12.9. The number of aromatic nitrogens is 2. The zero-order valence-electron chi connectivity index (χ0n) is 12.0. The van der Waals surface area contributed by atoms with Crippen molar-refractivity contribution in [2.75, 3.05) is 25.2 Å². The molecule has 3 rings (SSSR count). The minimum Gasteiger partial charge on any atom is -0.381 e. The molecule has 0 bridgehead atoms. The van der Waals surface area contributed by atoms with Gasteiger partial charge in [-0.25, -0.2) is 14.4 Å². The summed E-state index contributed by atoms with van der Waals surface area (Å²) >= 11 is 0. The second-order valence-electron chi connectivity index (χ2n) is 5.34. The number of hydrogen-bond donors (Lipinski definition) is 0. The highest BCUT2D eigenvalue weighted by atomic mass is 19.1. The first-order valence-electron chi connectivity index (χ1n) is 7.07. The Balaban J connectivity index is 1.73. The van der Waals surface area contributed by atoms with Crippen LogP contribution in [0.5, 0.6) is 0 Å². The molecule has 4 nitrogen and oxygen atoms in total. The summed E-state index contributed by atoms with van der Waals surface area (Å²) in [4.78, 5) is 10.7. The largest absolute Gasteiger partial charge is 0.381 e. The van der Waals surface area contributed by atoms with Gasteiger partial charge in [0.15, 0.2) is 0 Å². The average Bonchev–Trinajstić information content (AvgIpc) is 3.04. The fraction of sp³-hybridized carbons (Fsp3) is 0.375. The van der Waals surface area contributed by atoms with E-state index in [1.54, 1.807) is 18.5 Å². The van der Waals surface area contributed by atoms with E-state index in [0.717, 1.165) is 36.7 Å². The molecule has 5 heteroatoms. The van der Waals surface area contributed by atoms with Crippen LogP contribution in [0, 0.1) is 5.82 Å². The number of anilines is 1. The first kappa shape index (κ1) is 13.9. The monoisotopic (exact) mass is 287 g/mol. The SMILES string of the molecule is CN(Cc1ccc(F)cc1)c1cc(C2CCOC2)ncn1. The molecule has 1 atom stereocenters. The van der Waals surface area contributed by atoms with Crippen LogP contribution < -0.4 is 4.90 Å². The summed E-state index contributed by atoms with van der Waals surface area (Å²) in [5.41, 5.74) is 2.08. The Morgan fingerprint density at radius 1 is 1.29 bits per heavy atom. The Labute approximate surface area is 123 Å². The van der Waals surface area contributed by atoms with E-state index in [4.69, 9.17) is 4.74 Å². The fourth-order valence-corrected chi connectivity index (χ4v) is 2.51. The van der Waals surface area contributed by atoms with E-state index in [0.29, 0.717) is 12.5 Å². The third-order valence-corrected chi connectivity index (χ3v) is 3.75. The van der Waals surface area contributed by atoms with Gasteiger partial charge in [-0.1, -0.05) is 12.1 Å². The molecule has 0 saturated carbocycles. The van der Waals surface area contributed by atoms with Crippen molar-refractivity contribution in [2.45, 2.75) is 18.9 Å². The predicted molar refractivity (Wildman–Crippen MR) is 78.7 cm³/mol. The summed E-state index contributed by atoms with van der Waals surface area (Å²) in [7, 11) is 1.97. The predicted octanol–water partition coefficient (Wildman–Crippen LogP) is 2.76. The van der Waals surface area contributed by atoms with Crippen molar-refractivity contribution in [1.29, 1.82) is 0 Å². The van der Waals surface area contributed by atoms with Crippen LogP contribution in [0.4, 0.5) is 10.2 Å². The van der Waals surface area contributed by atoms with Gasteiger partial charge in [0, 0.05) is 32.2 Å². The normalized spacial score (nSPS) is 17.9. The third-order valence-electron chi connectivity index (χ3n) is 3.75. The Kier molecular flexibility index (Phi) is 4.10. The van der Waals surface area contributed by atoms with E-state index in [1.165, 1.54) is 12.1 Å². The number of ether oxygens (including phenoxy) is 1. The lowest BCUT2D eigenvalue weighted by atomic mass is 10.0. The van der Waals surface area contributed by atoms with Crippen LogP contribution >= 0.6 is 0 Å². The van der Waals surface area contributed by atoms with Crippen molar-refractivity contribution in [3.8, 4) is 0 Å². The van der Waals surface area contributed by atoms with Crippen LogP contribution in [0.15, 0.2) is 36.7 Å². The van der Waals surface area contributed by atoms with Gasteiger partial charge in [0.1, 0.15) is 18.0 Å². The highest BCUT2D eigenvalue weighted by Gasteiger charge is 2.20. The molecule has 1 aromatic carbocycles. The molecule has 1 aliphatic rings. The molecule has 0 amide bonds. The van der Waals surface area contributed by atoms with Crippen LogP contribution in [0.2, 0.25) is 0 Å². The summed E-state index contributed by atoms with van der Waals surface area (Å²) < 4.78 is 18.3. The van der Waals surface area contributed by atoms with E-state index in [-0.39, 0.29) is 5.82 Å². The Morgan fingerprint density at radius 2 is 2.10 bits per heavy atom. The lowest BCUT2D eigenvalue weighted by molar-refractivity contribution is 0.193. The Bertz CT molecular complexity index is 597. The third kappa shape index (κ3) is 3.36. The minimum absolute atomic E-state index is 0.216. The van der Waals surface area contributed by atoms with Crippen molar-refractivity contribution in [1.82, 2.24) is 9.97 Å². The number of halogens is 1. The standard InChI is InChI=1S/C16H18FN3O/c1-20(9-12-2-4-14(17)5-3-12)16-8-15(18-11-19-16)13-6-7-21-10-13/h2-5,8,11,13H,6-7,9-10H2,1H3. The minimum atomic E-state index is -0.216. The average molecular weight is 287 g/mol. The molecule has 0 radical (unpaired) electrons. The summed E-state index contributed by atoms with van der Waals surface area (Å²) in [6.45, 7) is 2.21. The summed E-state index contributed by atoms with van der Waals surface area (Å²) in [6, 6.07) is 8.55. The molecule has 2 heterocycles. The van der Waals surface area contributed by atoms with Gasteiger partial charge >= 0.3 is 0 Å². The zero-order valence-corrected chi connectivity index (χ0v) is 12.0. The molecule has 0 spiro atoms. The lowest BCUT2D eigenvalue weighted by Gasteiger charge is -2.19. The number of nitrogens with zero attached hydrogens (tertiary/aromatic N) is 3. The van der Waals surface area contributed by atoms with Gasteiger partial charge in [-0.2, -0.15) is 0 Å². The van der Waals surface area contributed by atoms with Gasteiger partial charge in [-0.05, 0) is 24.1 Å². The molecule has 1 saturated heterocycles. The highest BCUT2D eigenvalue weighted by Crippen LogP contribution is 2.25. The molecule has 1 aromatic heterocycles. The first-order valence-corrected chi connectivity index (χ1v) is 7.07. The smallest absolute Gasteiger partial charge is 0.132 e. The van der Waals surface area contributed by atoms with Crippen molar-refractivity contribution in [2.24, 2.45) is 0 Å². The van der Waals surface area contributed by atoms with Gasteiger partial charge < -0.3 is 9.64 Å². The number of benzene rings is 1. The molecule has 0 N–H and O–H groups in total. The second-order valence-corrected chi connectivity index (χ2v) is 5.34. The maximum absolute atomic E-state index is 12.9. The summed E-state index contributed by atoms with van der Waals surface area (Å²) in [5.74, 6) is 1.02. The maximum Gasteiger partial charge on any atom is 0.132 e. The zero-order chi connectivity index (χ0) is 14.7. The summed E-state index contributed by atoms with van der Waals surface area (Å²) in [5, 5.41) is 0. The van der Waals surface area contributed by atoms with Gasteiger partial charge in [-0.3, -0.25) is 0 Å². The van der Waals surface area contributed by atoms with Crippen LogP contribution in [0.25, 0.3) is 0 Å². The number of rotatable bonds is 4. The van der Waals surface area contributed by atoms with E-state index in [2.05, 4.69) is 9.97 Å². The van der Waals surface area contributed by atoms with Crippen molar-refractivity contribution in [3.63, 3.8) is 0 Å². The molecular formula is C16H18FN3O. The van der Waals surface area contributed by atoms with Gasteiger partial charge in [-0.15, -0.1) is 0 Å². The lowest BCUT2D eigenvalue weighted by Crippen LogP contribution is -2.18. The van der Waals surface area contributed by atoms with Crippen LogP contribution in [0.1, 0.15) is 23.6 Å². The Hall–Kier alpha value is -2.01. The highest BCUT2D eigenvalue weighted by molar-refractivity contribution is 5.40. The molecule has 1 unspecified atom stereocenters. The number of hydrogen-bond acceptors (Lipinski definition) is 4. The van der Waals surface area contributed by atoms with Crippen molar-refractivity contribution in [3.05, 3.63) is 53.7 Å². The van der Waals surface area contributed by atoms with E-state index < -0.39 is 0 Å². The molecule has 0 aliphatic carbocycles. The molecule has 110 valence electrons. The van der Waals surface area contributed by atoms with E-state index in [9.17, 15) is 4.39 Å². The first-order chi connectivity index (χ1) is 10.2. The summed E-state index contributed by atoms with van der Waals surface area (Å²) in [6.07, 6.45) is 2.61. The van der Waals surface area contributed by atoms with E-state index >= 15 is 0 Å². The Morgan fingerprint density at radius 3 is 2.81 bits per heavy atom. The van der Waals surface area contributed by atoms with E-state index in [1.807, 2.05) is 18.0 Å². The quantitative estimate of drug-likeness (QED) is 0.866. The van der Waals surface area contributed by atoms with Gasteiger partial charge in [0.25, 0.3) is 0 Å². The fourth-order valence-electron chi connectivity index (χ4n) is 2.51. The molecular weight excluding hydrogens is 269 g/mol. The van der Waals surface area contributed by atoms with Gasteiger partial charge in [0.05, 0.1) is 12.3 Å². The molecule has 1 fully saturated rings. The van der Waals surface area contributed by atoms with Gasteiger partial charge in [0.2, 0.25) is 0 Å². The van der Waals surface area contributed by atoms with Crippen LogP contribution in [-0.2, 0) is 11.3 Å². The van der Waals surface area contributed by atoms with Crippen molar-refractivity contribution < 1.29 is 9.13 Å². The second kappa shape index (κ2) is 6.18. The molecule has 2 aromatic rings. The topological polar surface area (TPSA) is 38.2 Å². The van der Waals surface area contributed by atoms with Crippen LogP contribution in [-0.4, -0.2) is 30.2 Å².